The number of carboxylic acids is 1. The molecule has 1 aliphatic rings. The maximum Gasteiger partial charge on any atom is 0.394 e. The zero-order valence-corrected chi connectivity index (χ0v) is 14.0. The van der Waals surface area contributed by atoms with Crippen LogP contribution in [0.25, 0.3) is 5.69 Å². The summed E-state index contributed by atoms with van der Waals surface area (Å²) in [5.74, 6) is -6.45. The van der Waals surface area contributed by atoms with Crippen LogP contribution >= 0.6 is 0 Å². The number of nitrogens with zero attached hydrogens (tertiary/aromatic N) is 4. The highest BCUT2D eigenvalue weighted by Gasteiger charge is 2.53. The predicted octanol–water partition coefficient (Wildman–Crippen LogP) is 2.12. The number of carbonyl (C=O) groups is 2. The van der Waals surface area contributed by atoms with Gasteiger partial charge in [-0.3, -0.25) is 19.7 Å². The maximum atomic E-state index is 13.1. The van der Waals surface area contributed by atoms with Crippen LogP contribution in [0.4, 0.5) is 18.9 Å². The second-order valence-electron chi connectivity index (χ2n) is 6.19. The number of rotatable bonds is 4. The Morgan fingerprint density at radius 1 is 1.21 bits per heavy atom. The Balaban J connectivity index is 1.86. The van der Waals surface area contributed by atoms with E-state index in [9.17, 15) is 32.9 Å². The van der Waals surface area contributed by atoms with Gasteiger partial charge in [0.25, 0.3) is 11.6 Å². The highest BCUT2D eigenvalue weighted by atomic mass is 19.4. The highest BCUT2D eigenvalue weighted by Crippen LogP contribution is 2.38. The van der Waals surface area contributed by atoms with Crippen molar-refractivity contribution in [1.29, 1.82) is 0 Å². The van der Waals surface area contributed by atoms with Crippen molar-refractivity contribution in [1.82, 2.24) is 14.7 Å². The first-order valence-corrected chi connectivity index (χ1v) is 7.98. The van der Waals surface area contributed by atoms with Crippen LogP contribution in [0.2, 0.25) is 0 Å². The Morgan fingerprint density at radius 3 is 2.46 bits per heavy atom. The van der Waals surface area contributed by atoms with E-state index in [4.69, 9.17) is 5.11 Å². The molecule has 1 aromatic heterocycles. The summed E-state index contributed by atoms with van der Waals surface area (Å²) in [6.07, 6.45) is -3.50. The number of nitro groups is 1. The number of alkyl halides is 3. The summed E-state index contributed by atoms with van der Waals surface area (Å²) in [7, 11) is 0. The standard InChI is InChI=1S/C16H13F3N4O5/c17-16(18,19)10-8-21(7-9(10)15(25)26)14(24)11-5-6-22(20-11)12-3-1-2-4-13(12)23(27)28/h1-6,9-10H,7-8H2,(H,25,26)/t9-,10-/m1/s1. The van der Waals surface area contributed by atoms with E-state index >= 15 is 0 Å². The quantitative estimate of drug-likeness (QED) is 0.623. The number of aromatic nitrogens is 2. The third-order valence-corrected chi connectivity index (χ3v) is 4.48. The molecule has 1 aromatic carbocycles. The van der Waals surface area contributed by atoms with E-state index in [1.54, 1.807) is 0 Å². The molecule has 0 bridgehead atoms. The van der Waals surface area contributed by atoms with Gasteiger partial charge in [0, 0.05) is 25.4 Å². The molecular weight excluding hydrogens is 385 g/mol. The molecule has 2 atom stereocenters. The summed E-state index contributed by atoms with van der Waals surface area (Å²) in [5, 5.41) is 24.1. The van der Waals surface area contributed by atoms with E-state index in [1.807, 2.05) is 0 Å². The molecule has 1 aliphatic heterocycles. The van der Waals surface area contributed by atoms with Crippen LogP contribution in [-0.4, -0.2) is 55.9 Å². The first-order valence-electron chi connectivity index (χ1n) is 7.98. The fourth-order valence-corrected chi connectivity index (χ4v) is 3.10. The second-order valence-corrected chi connectivity index (χ2v) is 6.19. The van der Waals surface area contributed by atoms with Gasteiger partial charge in [0.2, 0.25) is 0 Å². The lowest BCUT2D eigenvalue weighted by molar-refractivity contribution is -0.384. The molecule has 9 nitrogen and oxygen atoms in total. The average molecular weight is 398 g/mol. The number of likely N-dealkylation sites (tertiary alicyclic amines) is 1. The summed E-state index contributed by atoms with van der Waals surface area (Å²) >= 11 is 0. The Labute approximate surface area is 155 Å². The summed E-state index contributed by atoms with van der Waals surface area (Å²) in [4.78, 5) is 34.9. The average Bonchev–Trinajstić information content (AvgIpc) is 3.28. The van der Waals surface area contributed by atoms with Crippen molar-refractivity contribution in [2.75, 3.05) is 13.1 Å². The zero-order valence-electron chi connectivity index (χ0n) is 14.0. The number of halogens is 3. The number of carboxylic acid groups (broad SMARTS) is 1. The van der Waals surface area contributed by atoms with Gasteiger partial charge in [-0.1, -0.05) is 12.1 Å². The lowest BCUT2D eigenvalue weighted by Crippen LogP contribution is -2.34. The molecule has 148 valence electrons. The molecule has 0 spiro atoms. The lowest BCUT2D eigenvalue weighted by Gasteiger charge is -2.18. The van der Waals surface area contributed by atoms with E-state index in [1.165, 1.54) is 36.5 Å². The minimum atomic E-state index is -4.76. The van der Waals surface area contributed by atoms with E-state index in [0.29, 0.717) is 0 Å². The third kappa shape index (κ3) is 3.52. The van der Waals surface area contributed by atoms with Crippen LogP contribution in [0.1, 0.15) is 10.5 Å². The van der Waals surface area contributed by atoms with Gasteiger partial charge in [0.15, 0.2) is 5.69 Å². The van der Waals surface area contributed by atoms with Gasteiger partial charge in [-0.2, -0.15) is 18.3 Å². The zero-order chi connectivity index (χ0) is 20.6. The van der Waals surface area contributed by atoms with E-state index in [2.05, 4.69) is 5.10 Å². The van der Waals surface area contributed by atoms with Crippen LogP contribution in [-0.2, 0) is 4.79 Å². The number of benzene rings is 1. The molecule has 1 saturated heterocycles. The maximum absolute atomic E-state index is 13.1. The summed E-state index contributed by atoms with van der Waals surface area (Å²) in [5.41, 5.74) is -0.441. The number of aliphatic carboxylic acids is 1. The van der Waals surface area contributed by atoms with Crippen molar-refractivity contribution in [3.05, 3.63) is 52.3 Å². The largest absolute Gasteiger partial charge is 0.481 e. The number of amides is 1. The predicted molar refractivity (Wildman–Crippen MR) is 86.8 cm³/mol. The molecule has 3 rings (SSSR count). The van der Waals surface area contributed by atoms with Crippen LogP contribution < -0.4 is 0 Å². The Hall–Kier alpha value is -3.44. The van der Waals surface area contributed by atoms with Gasteiger partial charge in [0.05, 0.1) is 16.8 Å². The first-order chi connectivity index (χ1) is 13.1. The molecule has 12 heteroatoms. The Bertz CT molecular complexity index is 942. The number of hydrogen-bond acceptors (Lipinski definition) is 5. The van der Waals surface area contributed by atoms with E-state index < -0.39 is 47.9 Å². The van der Waals surface area contributed by atoms with Crippen molar-refractivity contribution >= 4 is 17.6 Å². The van der Waals surface area contributed by atoms with Gasteiger partial charge in [0.1, 0.15) is 5.69 Å². The van der Waals surface area contributed by atoms with Crippen LogP contribution in [0, 0.1) is 22.0 Å². The molecule has 0 saturated carbocycles. The third-order valence-electron chi connectivity index (χ3n) is 4.48. The number of hydrogen-bond donors (Lipinski definition) is 1. The lowest BCUT2D eigenvalue weighted by atomic mass is 9.96. The molecule has 1 amide bonds. The second kappa shape index (κ2) is 6.94. The molecule has 0 radical (unpaired) electrons. The molecular formula is C16H13F3N4O5. The minimum Gasteiger partial charge on any atom is -0.481 e. The normalized spacial score (nSPS) is 19.6. The van der Waals surface area contributed by atoms with Crippen LogP contribution in [0.3, 0.4) is 0 Å². The topological polar surface area (TPSA) is 119 Å². The first kappa shape index (κ1) is 19.3. The SMILES string of the molecule is O=C(O)[C@@H]1CN(C(=O)c2ccn(-c3ccccc3[N+](=O)[O-])n2)C[C@H]1C(F)(F)F. The minimum absolute atomic E-state index is 0.0737. The fraction of sp³-hybridized carbons (Fsp3) is 0.312. The van der Waals surface area contributed by atoms with Crippen LogP contribution in [0.15, 0.2) is 36.5 Å². The summed E-state index contributed by atoms with van der Waals surface area (Å²) in [6, 6.07) is 6.82. The molecule has 28 heavy (non-hydrogen) atoms. The number of nitro benzene ring substituents is 1. The molecule has 2 heterocycles. The summed E-state index contributed by atoms with van der Waals surface area (Å²) < 4.78 is 40.3. The molecule has 1 fully saturated rings. The van der Waals surface area contributed by atoms with E-state index in [-0.39, 0.29) is 17.1 Å². The number of carbonyl (C=O) groups excluding carboxylic acids is 1. The Morgan fingerprint density at radius 2 is 1.89 bits per heavy atom. The summed E-state index contributed by atoms with van der Waals surface area (Å²) in [6.45, 7) is -1.39. The molecule has 0 aliphatic carbocycles. The van der Waals surface area contributed by atoms with Crippen molar-refractivity contribution in [2.45, 2.75) is 6.18 Å². The fourth-order valence-electron chi connectivity index (χ4n) is 3.10. The van der Waals surface area contributed by atoms with Crippen molar-refractivity contribution < 1.29 is 32.8 Å². The van der Waals surface area contributed by atoms with Gasteiger partial charge < -0.3 is 10.0 Å². The smallest absolute Gasteiger partial charge is 0.394 e. The monoisotopic (exact) mass is 398 g/mol. The highest BCUT2D eigenvalue weighted by molar-refractivity contribution is 5.93. The number of para-hydroxylation sites is 2. The van der Waals surface area contributed by atoms with Gasteiger partial charge >= 0.3 is 12.1 Å². The van der Waals surface area contributed by atoms with Gasteiger partial charge in [-0.05, 0) is 12.1 Å². The molecule has 2 aromatic rings. The Kier molecular flexibility index (Phi) is 4.79. The van der Waals surface area contributed by atoms with Gasteiger partial charge in [-0.25, -0.2) is 4.68 Å². The van der Waals surface area contributed by atoms with Gasteiger partial charge in [-0.15, -0.1) is 0 Å². The molecule has 1 N–H and O–H groups in total. The van der Waals surface area contributed by atoms with Crippen molar-refractivity contribution in [3.63, 3.8) is 0 Å². The van der Waals surface area contributed by atoms with Crippen molar-refractivity contribution in [3.8, 4) is 5.69 Å². The molecule has 0 unspecified atom stereocenters. The van der Waals surface area contributed by atoms with E-state index in [0.717, 1.165) is 9.58 Å². The van der Waals surface area contributed by atoms with Crippen LogP contribution in [0.5, 0.6) is 0 Å². The van der Waals surface area contributed by atoms with Crippen molar-refractivity contribution in [2.24, 2.45) is 11.8 Å².